The molecule has 10 nitrogen and oxygen atoms in total. The maximum absolute atomic E-state index is 14.1. The van der Waals surface area contributed by atoms with E-state index in [9.17, 15) is 18.0 Å². The van der Waals surface area contributed by atoms with E-state index in [1.165, 1.54) is 11.3 Å². The van der Waals surface area contributed by atoms with Crippen molar-refractivity contribution in [3.63, 3.8) is 0 Å². The van der Waals surface area contributed by atoms with Gasteiger partial charge in [0.15, 0.2) is 11.5 Å². The summed E-state index contributed by atoms with van der Waals surface area (Å²) in [6, 6.07) is -1.52. The molecular formula is C27H35F3N8O2. The Morgan fingerprint density at radius 3 is 2.52 bits per heavy atom. The Bertz CT molecular complexity index is 1420. The number of aromatic amines is 1. The highest BCUT2D eigenvalue weighted by molar-refractivity contribution is 5.87. The molecule has 0 spiro atoms. The van der Waals surface area contributed by atoms with E-state index in [1.807, 2.05) is 10.6 Å². The van der Waals surface area contributed by atoms with E-state index >= 15 is 0 Å². The van der Waals surface area contributed by atoms with E-state index < -0.39 is 18.0 Å². The Morgan fingerprint density at radius 1 is 1.12 bits per heavy atom. The molecule has 3 aromatic rings. The molecule has 3 aliphatic rings. The summed E-state index contributed by atoms with van der Waals surface area (Å²) in [6.45, 7) is 6.81. The standard InChI is InChI=1S/C27H35F3N8O2/c1-3-16-9-11-17(12-10-16)14-38-20-21(31-15(2)18-6-4-7-18)32-23(24-35-26(39)40-36-24)33-22(20)34-25(38)37-13-5-8-19(37)27(28,29)30/h3,15-19H,1,4-14H2,2H3,(H,31,32,33)(H,35,36,39)/t15-,16-,17-,19+/m1/s1. The highest BCUT2D eigenvalue weighted by Gasteiger charge is 2.47. The van der Waals surface area contributed by atoms with E-state index in [-0.39, 0.29) is 48.2 Å². The fourth-order valence-electron chi connectivity index (χ4n) is 6.43. The Balaban J connectivity index is 1.48. The van der Waals surface area contributed by atoms with Crippen LogP contribution in [0, 0.1) is 17.8 Å². The first kappa shape index (κ1) is 26.8. The lowest BCUT2D eigenvalue weighted by atomic mass is 9.80. The summed E-state index contributed by atoms with van der Waals surface area (Å²) in [5.41, 5.74) is 0.842. The molecule has 0 bridgehead atoms. The summed E-state index contributed by atoms with van der Waals surface area (Å²) < 4.78 is 48.9. The Hall–Kier alpha value is -3.38. The van der Waals surface area contributed by atoms with Crippen LogP contribution in [0.15, 0.2) is 22.0 Å². The minimum atomic E-state index is -4.38. The van der Waals surface area contributed by atoms with Crippen LogP contribution in [0.1, 0.15) is 64.7 Å². The van der Waals surface area contributed by atoms with Crippen LogP contribution in [-0.4, -0.2) is 54.5 Å². The predicted molar refractivity (Wildman–Crippen MR) is 144 cm³/mol. The number of hydrogen-bond donors (Lipinski definition) is 2. The maximum Gasteiger partial charge on any atom is 0.439 e. The number of alkyl halides is 3. The molecule has 2 atom stereocenters. The molecule has 2 N–H and O–H groups in total. The largest absolute Gasteiger partial charge is 0.439 e. The Kier molecular flexibility index (Phi) is 7.07. The van der Waals surface area contributed by atoms with Crippen molar-refractivity contribution in [2.24, 2.45) is 17.8 Å². The SMILES string of the molecule is C=C[C@H]1CC[C@H](Cn2c(N3CCC[C@H]3C(F)(F)F)nc3nc(-c4noc(=O)[nH]4)nc(N[C@H](C)C4CCC4)c32)CC1. The van der Waals surface area contributed by atoms with Gasteiger partial charge in [-0.1, -0.05) is 17.7 Å². The first-order valence-electron chi connectivity index (χ1n) is 14.3. The molecule has 3 aromatic heterocycles. The molecule has 6 rings (SSSR count). The summed E-state index contributed by atoms with van der Waals surface area (Å²) in [5.74, 6) is 1.35. The number of halogens is 3. The number of nitrogens with zero attached hydrogens (tertiary/aromatic N) is 6. The highest BCUT2D eigenvalue weighted by atomic mass is 19.4. The third kappa shape index (κ3) is 5.10. The number of anilines is 2. The van der Waals surface area contributed by atoms with Crippen molar-refractivity contribution in [2.45, 2.75) is 89.5 Å². The normalized spacial score (nSPS) is 24.8. The first-order chi connectivity index (χ1) is 19.2. The third-order valence-corrected chi connectivity index (χ3v) is 9.01. The van der Waals surface area contributed by atoms with Gasteiger partial charge in [0.1, 0.15) is 11.6 Å². The number of imidazole rings is 1. The van der Waals surface area contributed by atoms with Crippen molar-refractivity contribution < 1.29 is 17.7 Å². The summed E-state index contributed by atoms with van der Waals surface area (Å²) in [5, 5.41) is 7.26. The van der Waals surface area contributed by atoms with Gasteiger partial charge in [-0.15, -0.1) is 6.58 Å². The van der Waals surface area contributed by atoms with Crippen LogP contribution < -0.4 is 16.0 Å². The van der Waals surface area contributed by atoms with Gasteiger partial charge in [0.2, 0.25) is 17.6 Å². The molecule has 1 saturated heterocycles. The number of allylic oxidation sites excluding steroid dienone is 1. The molecule has 40 heavy (non-hydrogen) atoms. The summed E-state index contributed by atoms with van der Waals surface area (Å²) in [7, 11) is 0. The van der Waals surface area contributed by atoms with Crippen LogP contribution in [-0.2, 0) is 6.54 Å². The molecule has 216 valence electrons. The van der Waals surface area contributed by atoms with Crippen molar-refractivity contribution in [3.05, 3.63) is 23.2 Å². The smallest absolute Gasteiger partial charge is 0.365 e. The Morgan fingerprint density at radius 2 is 1.90 bits per heavy atom. The topological polar surface area (TPSA) is 118 Å². The molecule has 0 aromatic carbocycles. The third-order valence-electron chi connectivity index (χ3n) is 9.01. The fourth-order valence-corrected chi connectivity index (χ4v) is 6.43. The second-order valence-electron chi connectivity index (χ2n) is 11.6. The zero-order chi connectivity index (χ0) is 28.0. The van der Waals surface area contributed by atoms with Gasteiger partial charge in [-0.25, -0.2) is 14.8 Å². The van der Waals surface area contributed by atoms with Crippen molar-refractivity contribution in [2.75, 3.05) is 16.8 Å². The van der Waals surface area contributed by atoms with Crippen molar-refractivity contribution in [1.82, 2.24) is 29.7 Å². The zero-order valence-corrected chi connectivity index (χ0v) is 22.6. The van der Waals surface area contributed by atoms with Crippen LogP contribution in [0.2, 0.25) is 0 Å². The molecular weight excluding hydrogens is 525 g/mol. The molecule has 3 fully saturated rings. The van der Waals surface area contributed by atoms with Crippen LogP contribution in [0.3, 0.4) is 0 Å². The van der Waals surface area contributed by atoms with Gasteiger partial charge in [-0.3, -0.25) is 9.51 Å². The lowest BCUT2D eigenvalue weighted by molar-refractivity contribution is -0.146. The Labute approximate surface area is 229 Å². The van der Waals surface area contributed by atoms with Gasteiger partial charge in [0.05, 0.1) is 0 Å². The number of aromatic nitrogens is 6. The second kappa shape index (κ2) is 10.5. The summed E-state index contributed by atoms with van der Waals surface area (Å²) in [4.78, 5) is 29.5. The van der Waals surface area contributed by atoms with Crippen molar-refractivity contribution >= 4 is 22.9 Å². The monoisotopic (exact) mass is 560 g/mol. The van der Waals surface area contributed by atoms with Gasteiger partial charge >= 0.3 is 11.9 Å². The molecule has 0 unspecified atom stereocenters. The zero-order valence-electron chi connectivity index (χ0n) is 22.6. The summed E-state index contributed by atoms with van der Waals surface area (Å²) in [6.07, 6.45) is 5.38. The number of fused-ring (bicyclic) bond motifs is 1. The van der Waals surface area contributed by atoms with Gasteiger partial charge < -0.3 is 14.8 Å². The number of hydrogen-bond acceptors (Lipinski definition) is 8. The van der Waals surface area contributed by atoms with E-state index in [4.69, 9.17) is 9.97 Å². The second-order valence-corrected chi connectivity index (χ2v) is 11.6. The van der Waals surface area contributed by atoms with E-state index in [2.05, 4.69) is 38.5 Å². The van der Waals surface area contributed by atoms with Gasteiger partial charge in [0.25, 0.3) is 0 Å². The first-order valence-corrected chi connectivity index (χ1v) is 14.3. The van der Waals surface area contributed by atoms with Gasteiger partial charge in [0, 0.05) is 19.1 Å². The molecule has 1 aliphatic heterocycles. The highest BCUT2D eigenvalue weighted by Crippen LogP contribution is 2.40. The van der Waals surface area contributed by atoms with Crippen molar-refractivity contribution in [3.8, 4) is 11.6 Å². The molecule has 2 saturated carbocycles. The van der Waals surface area contributed by atoms with Gasteiger partial charge in [-0.2, -0.15) is 18.2 Å². The van der Waals surface area contributed by atoms with Crippen LogP contribution in [0.4, 0.5) is 24.9 Å². The molecule has 0 amide bonds. The number of rotatable bonds is 8. The minimum absolute atomic E-state index is 0.0259. The molecule has 0 radical (unpaired) electrons. The molecule has 2 aliphatic carbocycles. The molecule has 13 heteroatoms. The lowest BCUT2D eigenvalue weighted by Crippen LogP contribution is -2.42. The quantitative estimate of drug-likeness (QED) is 0.357. The molecule has 4 heterocycles. The average Bonchev–Trinajstić information content (AvgIpc) is 3.62. The number of nitrogens with one attached hydrogen (secondary N) is 2. The van der Waals surface area contributed by atoms with Crippen LogP contribution in [0.5, 0.6) is 0 Å². The van der Waals surface area contributed by atoms with Crippen molar-refractivity contribution in [1.29, 1.82) is 0 Å². The minimum Gasteiger partial charge on any atom is -0.365 e. The maximum atomic E-state index is 14.1. The average molecular weight is 561 g/mol. The summed E-state index contributed by atoms with van der Waals surface area (Å²) >= 11 is 0. The predicted octanol–water partition coefficient (Wildman–Crippen LogP) is 5.29. The number of H-pyrrole nitrogens is 1. The fraction of sp³-hybridized carbons (Fsp3) is 0.667. The lowest BCUT2D eigenvalue weighted by Gasteiger charge is -2.33. The van der Waals surface area contributed by atoms with Gasteiger partial charge in [-0.05, 0) is 76.0 Å². The van der Waals surface area contributed by atoms with E-state index in [0.717, 1.165) is 38.5 Å². The van der Waals surface area contributed by atoms with E-state index in [1.54, 1.807) is 0 Å². The van der Waals surface area contributed by atoms with E-state index in [0.29, 0.717) is 36.1 Å². The van der Waals surface area contributed by atoms with Crippen LogP contribution >= 0.6 is 0 Å². The van der Waals surface area contributed by atoms with Crippen LogP contribution in [0.25, 0.3) is 22.8 Å².